The second-order valence-electron chi connectivity index (χ2n) is 7.46. The first-order valence-electron chi connectivity index (χ1n) is 9.91. The molecule has 0 N–H and O–H groups in total. The number of rotatable bonds is 6. The fraction of sp³-hybridized carbons (Fsp3) is 0.650. The maximum Gasteiger partial charge on any atom is 0.243 e. The van der Waals surface area contributed by atoms with Crippen molar-refractivity contribution >= 4 is 15.9 Å². The van der Waals surface area contributed by atoms with Gasteiger partial charge < -0.3 is 9.64 Å². The van der Waals surface area contributed by atoms with E-state index in [-0.39, 0.29) is 5.91 Å². The van der Waals surface area contributed by atoms with E-state index in [4.69, 9.17) is 4.74 Å². The van der Waals surface area contributed by atoms with E-state index in [0.29, 0.717) is 50.1 Å². The molecule has 150 valence electrons. The van der Waals surface area contributed by atoms with Crippen LogP contribution in [0, 0.1) is 0 Å². The number of nitrogens with zero attached hydrogens (tertiary/aromatic N) is 2. The molecule has 1 aromatic rings. The molecule has 1 saturated carbocycles. The quantitative estimate of drug-likeness (QED) is 0.743. The van der Waals surface area contributed by atoms with Crippen LogP contribution >= 0.6 is 0 Å². The number of carbonyl (C=O) groups excluding carboxylic acids is 1. The van der Waals surface area contributed by atoms with Gasteiger partial charge in [0.05, 0.1) is 18.1 Å². The number of hydrogen-bond acceptors (Lipinski definition) is 4. The van der Waals surface area contributed by atoms with Gasteiger partial charge in [-0.1, -0.05) is 31.4 Å². The van der Waals surface area contributed by atoms with Crippen molar-refractivity contribution in [2.75, 3.05) is 33.4 Å². The van der Waals surface area contributed by atoms with Gasteiger partial charge in [0.15, 0.2) is 0 Å². The smallest absolute Gasteiger partial charge is 0.243 e. The van der Waals surface area contributed by atoms with Crippen LogP contribution in [0.15, 0.2) is 29.2 Å². The van der Waals surface area contributed by atoms with E-state index in [9.17, 15) is 13.2 Å². The lowest BCUT2D eigenvalue weighted by Crippen LogP contribution is -2.40. The van der Waals surface area contributed by atoms with E-state index < -0.39 is 10.0 Å². The molecule has 1 aliphatic carbocycles. The van der Waals surface area contributed by atoms with Gasteiger partial charge >= 0.3 is 0 Å². The summed E-state index contributed by atoms with van der Waals surface area (Å²) in [6.45, 7) is 1.67. The van der Waals surface area contributed by atoms with Crippen molar-refractivity contribution in [1.82, 2.24) is 9.21 Å². The van der Waals surface area contributed by atoms with E-state index >= 15 is 0 Å². The van der Waals surface area contributed by atoms with Crippen molar-refractivity contribution in [3.05, 3.63) is 29.8 Å². The Morgan fingerprint density at radius 3 is 2.37 bits per heavy atom. The van der Waals surface area contributed by atoms with E-state index in [1.165, 1.54) is 23.6 Å². The van der Waals surface area contributed by atoms with Crippen LogP contribution < -0.4 is 0 Å². The highest BCUT2D eigenvalue weighted by Crippen LogP contribution is 2.23. The van der Waals surface area contributed by atoms with Crippen LogP contribution in [0.25, 0.3) is 0 Å². The van der Waals surface area contributed by atoms with Gasteiger partial charge in [-0.3, -0.25) is 4.79 Å². The summed E-state index contributed by atoms with van der Waals surface area (Å²) < 4.78 is 32.0. The van der Waals surface area contributed by atoms with Crippen molar-refractivity contribution in [2.45, 2.75) is 55.9 Å². The zero-order chi connectivity index (χ0) is 19.3. The molecule has 7 heteroatoms. The molecule has 2 aliphatic rings. The van der Waals surface area contributed by atoms with Crippen LogP contribution in [0.2, 0.25) is 0 Å². The summed E-state index contributed by atoms with van der Waals surface area (Å²) in [4.78, 5) is 14.7. The highest BCUT2D eigenvalue weighted by atomic mass is 32.2. The second-order valence-corrected chi connectivity index (χ2v) is 9.39. The molecule has 1 heterocycles. The zero-order valence-electron chi connectivity index (χ0n) is 16.1. The minimum Gasteiger partial charge on any atom is -0.379 e. The van der Waals surface area contributed by atoms with Crippen LogP contribution in [0.3, 0.4) is 0 Å². The Morgan fingerprint density at radius 1 is 1.11 bits per heavy atom. The summed E-state index contributed by atoms with van der Waals surface area (Å²) >= 11 is 0. The maximum atomic E-state index is 12.6. The second kappa shape index (κ2) is 9.17. The SMILES string of the molecule is CN(C(=O)CCc1ccc(S(=O)(=O)N2CCOCC2)cc1)C1CCCCC1. The summed E-state index contributed by atoms with van der Waals surface area (Å²) in [5.41, 5.74) is 0.987. The number of sulfonamides is 1. The lowest BCUT2D eigenvalue weighted by atomic mass is 9.94. The summed E-state index contributed by atoms with van der Waals surface area (Å²) in [6.07, 6.45) is 7.00. The third-order valence-electron chi connectivity index (χ3n) is 5.67. The zero-order valence-corrected chi connectivity index (χ0v) is 16.9. The van der Waals surface area contributed by atoms with E-state index in [1.807, 2.05) is 24.1 Å². The average molecular weight is 395 g/mol. The van der Waals surface area contributed by atoms with Gasteiger partial charge in [-0.2, -0.15) is 4.31 Å². The first-order valence-corrected chi connectivity index (χ1v) is 11.3. The number of amides is 1. The molecule has 27 heavy (non-hydrogen) atoms. The largest absolute Gasteiger partial charge is 0.379 e. The average Bonchev–Trinajstić information content (AvgIpc) is 2.73. The Bertz CT molecular complexity index is 721. The summed E-state index contributed by atoms with van der Waals surface area (Å²) in [7, 11) is -1.55. The third kappa shape index (κ3) is 5.09. The molecule has 0 spiro atoms. The van der Waals surface area contributed by atoms with Gasteiger partial charge in [0.2, 0.25) is 15.9 Å². The molecule has 0 aromatic heterocycles. The first-order chi connectivity index (χ1) is 13.0. The summed E-state index contributed by atoms with van der Waals surface area (Å²) in [5, 5.41) is 0. The first kappa shape index (κ1) is 20.3. The van der Waals surface area contributed by atoms with Gasteiger partial charge in [-0.25, -0.2) is 8.42 Å². The molecular weight excluding hydrogens is 364 g/mol. The van der Waals surface area contributed by atoms with Gasteiger partial charge in [-0.15, -0.1) is 0 Å². The number of hydrogen-bond donors (Lipinski definition) is 0. The monoisotopic (exact) mass is 394 g/mol. The lowest BCUT2D eigenvalue weighted by molar-refractivity contribution is -0.132. The van der Waals surface area contributed by atoms with Gasteiger partial charge in [0.25, 0.3) is 0 Å². The molecule has 6 nitrogen and oxygen atoms in total. The van der Waals surface area contributed by atoms with E-state index in [2.05, 4.69) is 0 Å². The minimum atomic E-state index is -3.46. The molecule has 1 amide bonds. The molecule has 1 saturated heterocycles. The van der Waals surface area contributed by atoms with Gasteiger partial charge in [-0.05, 0) is 37.0 Å². The number of benzene rings is 1. The van der Waals surface area contributed by atoms with Crippen LogP contribution in [-0.4, -0.2) is 62.9 Å². The van der Waals surface area contributed by atoms with Crippen LogP contribution in [-0.2, 0) is 26.0 Å². The normalized spacial score (nSPS) is 19.7. The fourth-order valence-corrected chi connectivity index (χ4v) is 5.27. The number of ether oxygens (including phenoxy) is 1. The Morgan fingerprint density at radius 2 is 1.74 bits per heavy atom. The predicted molar refractivity (Wildman–Crippen MR) is 104 cm³/mol. The molecule has 2 fully saturated rings. The minimum absolute atomic E-state index is 0.173. The molecule has 1 aliphatic heterocycles. The lowest BCUT2D eigenvalue weighted by Gasteiger charge is -2.31. The van der Waals surface area contributed by atoms with Crippen molar-refractivity contribution in [1.29, 1.82) is 0 Å². The molecule has 0 radical (unpaired) electrons. The Balaban J connectivity index is 1.55. The highest BCUT2D eigenvalue weighted by Gasteiger charge is 2.26. The highest BCUT2D eigenvalue weighted by molar-refractivity contribution is 7.89. The van der Waals surface area contributed by atoms with Gasteiger partial charge in [0.1, 0.15) is 0 Å². The maximum absolute atomic E-state index is 12.6. The van der Waals surface area contributed by atoms with Crippen molar-refractivity contribution in [3.8, 4) is 0 Å². The fourth-order valence-electron chi connectivity index (χ4n) is 3.86. The molecule has 0 atom stereocenters. The topological polar surface area (TPSA) is 66.9 Å². The van der Waals surface area contributed by atoms with Crippen molar-refractivity contribution < 1.29 is 17.9 Å². The summed E-state index contributed by atoms with van der Waals surface area (Å²) in [5.74, 6) is 0.173. The Hall–Kier alpha value is -1.44. The van der Waals surface area contributed by atoms with Crippen molar-refractivity contribution in [3.63, 3.8) is 0 Å². The Labute approximate surface area is 162 Å². The summed E-state index contributed by atoms with van der Waals surface area (Å²) in [6, 6.07) is 7.32. The van der Waals surface area contributed by atoms with Crippen LogP contribution in [0.1, 0.15) is 44.1 Å². The third-order valence-corrected chi connectivity index (χ3v) is 7.59. The molecule has 0 bridgehead atoms. The predicted octanol–water partition coefficient (Wildman–Crippen LogP) is 2.43. The number of aryl methyl sites for hydroxylation is 1. The van der Waals surface area contributed by atoms with Crippen LogP contribution in [0.5, 0.6) is 0 Å². The van der Waals surface area contributed by atoms with E-state index in [1.54, 1.807) is 12.1 Å². The molecule has 0 unspecified atom stereocenters. The van der Waals surface area contributed by atoms with E-state index in [0.717, 1.165) is 18.4 Å². The molecule has 1 aromatic carbocycles. The molecular formula is C20H30N2O4S. The van der Waals surface area contributed by atoms with Crippen molar-refractivity contribution in [2.24, 2.45) is 0 Å². The Kier molecular flexibility index (Phi) is 6.89. The van der Waals surface area contributed by atoms with Gasteiger partial charge in [0, 0.05) is 32.6 Å². The van der Waals surface area contributed by atoms with Crippen LogP contribution in [0.4, 0.5) is 0 Å². The number of morpholine rings is 1. The molecule has 3 rings (SSSR count). The standard InChI is InChI=1S/C20H30N2O4S/c1-21(18-5-3-2-4-6-18)20(23)12-9-17-7-10-19(11-8-17)27(24,25)22-13-15-26-16-14-22/h7-8,10-11,18H,2-6,9,12-16H2,1H3. The number of carbonyl (C=O) groups is 1.